The zero-order valence-electron chi connectivity index (χ0n) is 15.0. The summed E-state index contributed by atoms with van der Waals surface area (Å²) >= 11 is 0. The molecule has 0 aromatic heterocycles. The van der Waals surface area contributed by atoms with Crippen LogP contribution in [0.1, 0.15) is 38.2 Å². The molecule has 0 atom stereocenters. The second-order valence-electron chi connectivity index (χ2n) is 6.43. The van der Waals surface area contributed by atoms with Gasteiger partial charge in [-0.25, -0.2) is 0 Å². The van der Waals surface area contributed by atoms with Crippen molar-refractivity contribution in [1.82, 2.24) is 4.90 Å². The van der Waals surface area contributed by atoms with Gasteiger partial charge < -0.3 is 15.8 Å². The fourth-order valence-electron chi connectivity index (χ4n) is 2.59. The van der Waals surface area contributed by atoms with Gasteiger partial charge in [0.1, 0.15) is 0 Å². The summed E-state index contributed by atoms with van der Waals surface area (Å²) in [5.41, 5.74) is 8.30. The maximum Gasteiger partial charge on any atom is 0.193 e. The Morgan fingerprint density at radius 1 is 1.38 bits per heavy atom. The molecule has 0 unspecified atom stereocenters. The predicted octanol–water partition coefficient (Wildman–Crippen LogP) is 3.27. The minimum atomic E-state index is 0. The maximum absolute atomic E-state index is 6.01. The van der Waals surface area contributed by atoms with E-state index in [1.165, 1.54) is 18.4 Å². The molecule has 1 aliphatic rings. The number of methoxy groups -OCH3 is 1. The summed E-state index contributed by atoms with van der Waals surface area (Å²) < 4.78 is 5.17. The van der Waals surface area contributed by atoms with Crippen molar-refractivity contribution < 1.29 is 4.74 Å². The molecular weight excluding hydrogens is 415 g/mol. The molecule has 0 spiro atoms. The molecule has 2 rings (SSSR count). The molecule has 0 amide bonds. The first kappa shape index (κ1) is 21.2. The molecule has 1 saturated carbocycles. The van der Waals surface area contributed by atoms with Gasteiger partial charge in [-0.1, -0.05) is 26.0 Å². The average molecular weight is 446 g/mol. The number of nitrogens with one attached hydrogen (secondary N) is 1. The quantitative estimate of drug-likeness (QED) is 0.347. The molecule has 1 aromatic carbocycles. The van der Waals surface area contributed by atoms with Crippen LogP contribution >= 0.6 is 24.0 Å². The maximum atomic E-state index is 6.01. The number of guanidine groups is 1. The molecule has 1 aliphatic carbocycles. The van der Waals surface area contributed by atoms with Gasteiger partial charge in [0.25, 0.3) is 0 Å². The minimum Gasteiger partial charge on any atom is -0.383 e. The van der Waals surface area contributed by atoms with Crippen LogP contribution in [0.3, 0.4) is 0 Å². The first-order chi connectivity index (χ1) is 11.1. The summed E-state index contributed by atoms with van der Waals surface area (Å²) in [6.45, 7) is 7.76. The molecule has 6 heteroatoms. The Morgan fingerprint density at radius 3 is 2.75 bits per heavy atom. The lowest BCUT2D eigenvalue weighted by Crippen LogP contribution is -2.33. The fraction of sp³-hybridized carbons (Fsp3) is 0.611. The topological polar surface area (TPSA) is 62.9 Å². The third-order valence-corrected chi connectivity index (χ3v) is 4.14. The van der Waals surface area contributed by atoms with Gasteiger partial charge in [-0.3, -0.25) is 9.89 Å². The molecule has 0 heterocycles. The summed E-state index contributed by atoms with van der Waals surface area (Å²) in [5, 5.41) is 3.18. The molecule has 0 aliphatic heterocycles. The fourth-order valence-corrected chi connectivity index (χ4v) is 2.59. The second kappa shape index (κ2) is 10.9. The number of benzene rings is 1. The number of hydrogen-bond donors (Lipinski definition) is 2. The highest BCUT2D eigenvalue weighted by Crippen LogP contribution is 2.26. The lowest BCUT2D eigenvalue weighted by Gasteiger charge is -2.20. The zero-order valence-corrected chi connectivity index (χ0v) is 17.3. The van der Waals surface area contributed by atoms with Crippen LogP contribution in [0.5, 0.6) is 0 Å². The Balaban J connectivity index is 0.00000288. The summed E-state index contributed by atoms with van der Waals surface area (Å²) in [6.07, 6.45) is 2.59. The van der Waals surface area contributed by atoms with E-state index in [0.717, 1.165) is 31.4 Å². The van der Waals surface area contributed by atoms with Gasteiger partial charge in [-0.15, -0.1) is 24.0 Å². The van der Waals surface area contributed by atoms with E-state index < -0.39 is 0 Å². The molecule has 3 N–H and O–H groups in total. The first-order valence-corrected chi connectivity index (χ1v) is 8.50. The van der Waals surface area contributed by atoms with Crippen LogP contribution in [0.2, 0.25) is 0 Å². The van der Waals surface area contributed by atoms with Crippen LogP contribution in [0.4, 0.5) is 5.69 Å². The van der Waals surface area contributed by atoms with E-state index in [1.807, 2.05) is 12.1 Å². The molecule has 0 radical (unpaired) electrons. The third-order valence-electron chi connectivity index (χ3n) is 4.14. The van der Waals surface area contributed by atoms with E-state index in [9.17, 15) is 0 Å². The van der Waals surface area contributed by atoms with Crippen LogP contribution < -0.4 is 11.1 Å². The van der Waals surface area contributed by atoms with E-state index in [0.29, 0.717) is 18.4 Å². The number of aliphatic imine (C=N–C) groups is 1. The van der Waals surface area contributed by atoms with Crippen LogP contribution in [0, 0.1) is 0 Å². The monoisotopic (exact) mass is 446 g/mol. The van der Waals surface area contributed by atoms with Crippen molar-refractivity contribution in [1.29, 1.82) is 0 Å². The number of nitrogens with zero attached hydrogens (tertiary/aromatic N) is 2. The van der Waals surface area contributed by atoms with Crippen molar-refractivity contribution in [2.24, 2.45) is 10.7 Å². The average Bonchev–Trinajstić information content (AvgIpc) is 3.35. The number of rotatable bonds is 9. The SMILES string of the molecule is COCCN(CCN=C(N)Nc1cccc(C(C)C)c1)C1CC1.I. The Kier molecular flexibility index (Phi) is 9.61. The lowest BCUT2D eigenvalue weighted by atomic mass is 10.0. The number of halogens is 1. The summed E-state index contributed by atoms with van der Waals surface area (Å²) in [4.78, 5) is 6.90. The number of ether oxygens (including phenoxy) is 1. The van der Waals surface area contributed by atoms with Gasteiger partial charge >= 0.3 is 0 Å². The highest BCUT2D eigenvalue weighted by Gasteiger charge is 2.27. The van der Waals surface area contributed by atoms with Gasteiger partial charge in [0.15, 0.2) is 5.96 Å². The molecule has 1 fully saturated rings. The van der Waals surface area contributed by atoms with Crippen LogP contribution in [-0.2, 0) is 4.74 Å². The highest BCUT2D eigenvalue weighted by molar-refractivity contribution is 14.0. The van der Waals surface area contributed by atoms with Crippen molar-refractivity contribution in [2.45, 2.75) is 38.6 Å². The van der Waals surface area contributed by atoms with Crippen molar-refractivity contribution in [3.05, 3.63) is 29.8 Å². The highest BCUT2D eigenvalue weighted by atomic mass is 127. The van der Waals surface area contributed by atoms with E-state index >= 15 is 0 Å². The Labute approximate surface area is 163 Å². The normalized spacial score (nSPS) is 14.8. The second-order valence-corrected chi connectivity index (χ2v) is 6.43. The molecule has 136 valence electrons. The minimum absolute atomic E-state index is 0. The van der Waals surface area contributed by atoms with Crippen molar-refractivity contribution in [3.8, 4) is 0 Å². The Hall–Kier alpha value is -0.860. The number of nitrogens with two attached hydrogens (primary N) is 1. The standard InChI is InChI=1S/C18H30N4O.HI/c1-14(2)15-5-4-6-16(13-15)21-18(19)20-9-10-22(11-12-23-3)17-7-8-17;/h4-6,13-14,17H,7-12H2,1-3H3,(H3,19,20,21);1H. The predicted molar refractivity (Wildman–Crippen MR) is 113 cm³/mol. The summed E-state index contributed by atoms with van der Waals surface area (Å²) in [7, 11) is 1.75. The van der Waals surface area contributed by atoms with Crippen LogP contribution in [0.15, 0.2) is 29.3 Å². The molecule has 0 saturated heterocycles. The van der Waals surface area contributed by atoms with Gasteiger partial charge in [0.05, 0.1) is 13.2 Å². The van der Waals surface area contributed by atoms with Crippen molar-refractivity contribution in [3.63, 3.8) is 0 Å². The Morgan fingerprint density at radius 2 is 2.12 bits per heavy atom. The summed E-state index contributed by atoms with van der Waals surface area (Å²) in [5.74, 6) is 0.983. The first-order valence-electron chi connectivity index (χ1n) is 8.50. The molecule has 0 bridgehead atoms. The third kappa shape index (κ3) is 7.36. The molecule has 1 aromatic rings. The van der Waals surface area contributed by atoms with E-state index in [2.05, 4.69) is 41.2 Å². The van der Waals surface area contributed by atoms with Crippen molar-refractivity contribution >= 4 is 35.6 Å². The number of hydrogen-bond acceptors (Lipinski definition) is 3. The van der Waals surface area contributed by atoms with Crippen LogP contribution in [0.25, 0.3) is 0 Å². The number of anilines is 1. The lowest BCUT2D eigenvalue weighted by molar-refractivity contribution is 0.145. The van der Waals surface area contributed by atoms with Crippen molar-refractivity contribution in [2.75, 3.05) is 38.7 Å². The van der Waals surface area contributed by atoms with Gasteiger partial charge in [0, 0.05) is 31.9 Å². The van der Waals surface area contributed by atoms with Gasteiger partial charge in [-0.2, -0.15) is 0 Å². The molecular formula is C18H31IN4O. The smallest absolute Gasteiger partial charge is 0.193 e. The van der Waals surface area contributed by atoms with E-state index in [-0.39, 0.29) is 24.0 Å². The molecule has 24 heavy (non-hydrogen) atoms. The summed E-state index contributed by atoms with van der Waals surface area (Å²) in [6, 6.07) is 9.04. The van der Waals surface area contributed by atoms with Crippen LogP contribution in [-0.4, -0.2) is 50.3 Å². The van der Waals surface area contributed by atoms with Gasteiger partial charge in [0.2, 0.25) is 0 Å². The van der Waals surface area contributed by atoms with Gasteiger partial charge in [-0.05, 0) is 36.5 Å². The largest absolute Gasteiger partial charge is 0.383 e. The van der Waals surface area contributed by atoms with E-state index in [1.54, 1.807) is 7.11 Å². The Bertz CT molecular complexity index is 517. The zero-order chi connectivity index (χ0) is 16.7. The van der Waals surface area contributed by atoms with E-state index in [4.69, 9.17) is 10.5 Å². The molecule has 5 nitrogen and oxygen atoms in total.